The summed E-state index contributed by atoms with van der Waals surface area (Å²) in [6, 6.07) is 69.8. The summed E-state index contributed by atoms with van der Waals surface area (Å²) in [7, 11) is 0. The zero-order valence-corrected chi connectivity index (χ0v) is 33.4. The van der Waals surface area contributed by atoms with Crippen molar-refractivity contribution in [2.75, 3.05) is 0 Å². The van der Waals surface area contributed by atoms with Crippen LogP contribution in [0.3, 0.4) is 0 Å². The Balaban J connectivity index is 0.979. The Hall–Kier alpha value is -8.15. The van der Waals surface area contributed by atoms with Gasteiger partial charge in [0, 0.05) is 50.3 Å². The zero-order valence-electron chi connectivity index (χ0n) is 33.4. The van der Waals surface area contributed by atoms with Crippen LogP contribution in [0.15, 0.2) is 206 Å². The van der Waals surface area contributed by atoms with Crippen LogP contribution >= 0.6 is 0 Å². The molecule has 0 bridgehead atoms. The number of para-hydroxylation sites is 1. The number of nitrogens with zero attached hydrogens (tertiary/aromatic N) is 5. The second kappa shape index (κ2) is 15.2. The molecule has 0 N–H and O–H groups in total. The summed E-state index contributed by atoms with van der Waals surface area (Å²) < 4.78 is 0. The monoisotopic (exact) mass is 779 g/mol. The Morgan fingerprint density at radius 2 is 0.934 bits per heavy atom. The molecule has 0 radical (unpaired) electrons. The lowest BCUT2D eigenvalue weighted by Gasteiger charge is -2.13. The SMILES string of the molecule is Cc1ccc2ccc3c(-c4ccccc4)cc(-c4ccc(-c5cccc(-c6cc(-c7cccc(-c8ccnc9ccccc89)c7)nc(-c7ccccc7)n6)c5)cc4)nc3c2n1. The predicted molar refractivity (Wildman–Crippen MR) is 251 cm³/mol. The van der Waals surface area contributed by atoms with Gasteiger partial charge in [0.25, 0.3) is 0 Å². The van der Waals surface area contributed by atoms with Crippen LogP contribution in [0.4, 0.5) is 0 Å². The number of hydrogen-bond acceptors (Lipinski definition) is 5. The van der Waals surface area contributed by atoms with Crippen molar-refractivity contribution in [3.8, 4) is 78.5 Å². The third-order valence-electron chi connectivity index (χ3n) is 11.4. The molecule has 5 nitrogen and oxygen atoms in total. The fourth-order valence-corrected chi connectivity index (χ4v) is 8.32. The van der Waals surface area contributed by atoms with Crippen molar-refractivity contribution in [1.29, 1.82) is 0 Å². The summed E-state index contributed by atoms with van der Waals surface area (Å²) in [5.74, 6) is 0.679. The van der Waals surface area contributed by atoms with Gasteiger partial charge in [-0.15, -0.1) is 0 Å². The average Bonchev–Trinajstić information content (AvgIpc) is 3.34. The molecule has 5 heteroatoms. The van der Waals surface area contributed by atoms with Crippen LogP contribution in [0, 0.1) is 6.92 Å². The van der Waals surface area contributed by atoms with E-state index in [0.29, 0.717) is 5.82 Å². The van der Waals surface area contributed by atoms with Gasteiger partial charge in [-0.25, -0.2) is 15.0 Å². The van der Waals surface area contributed by atoms with E-state index in [2.05, 4.69) is 181 Å². The number of hydrogen-bond donors (Lipinski definition) is 0. The van der Waals surface area contributed by atoms with Gasteiger partial charge in [0.2, 0.25) is 0 Å². The molecule has 11 rings (SSSR count). The molecule has 0 aliphatic carbocycles. The molecular weight excluding hydrogens is 743 g/mol. The fourth-order valence-electron chi connectivity index (χ4n) is 8.32. The molecule has 7 aromatic carbocycles. The van der Waals surface area contributed by atoms with Crippen LogP contribution in [-0.4, -0.2) is 24.9 Å². The van der Waals surface area contributed by atoms with Gasteiger partial charge in [0.05, 0.1) is 33.6 Å². The third kappa shape index (κ3) is 6.88. The molecule has 0 atom stereocenters. The van der Waals surface area contributed by atoms with Crippen molar-refractivity contribution in [3.63, 3.8) is 0 Å². The highest BCUT2D eigenvalue weighted by molar-refractivity contribution is 6.09. The van der Waals surface area contributed by atoms with Crippen LogP contribution in [0.1, 0.15) is 5.69 Å². The van der Waals surface area contributed by atoms with Crippen LogP contribution in [0.25, 0.3) is 111 Å². The number of benzene rings is 7. The van der Waals surface area contributed by atoms with Crippen LogP contribution in [0.2, 0.25) is 0 Å². The standard InChI is InChI=1S/C56H37N5/c1-36-22-23-40-28-29-48-49(38-12-4-2-5-13-38)34-51(59-55(48)54(40)58-36)39-26-24-37(25-27-39)42-16-10-18-44(32-42)52-35-53(61-56(60-52)41-14-6-3-7-15-41)45-19-11-17-43(33-45)46-30-31-57-50-21-9-8-20-47(46)50/h2-35H,1H3. The summed E-state index contributed by atoms with van der Waals surface area (Å²) in [5.41, 5.74) is 17.2. The number of rotatable bonds is 7. The molecule has 11 aromatic rings. The zero-order chi connectivity index (χ0) is 40.7. The topological polar surface area (TPSA) is 64.5 Å². The second-order valence-electron chi connectivity index (χ2n) is 15.3. The van der Waals surface area contributed by atoms with Crippen LogP contribution in [0.5, 0.6) is 0 Å². The number of aromatic nitrogens is 5. The minimum absolute atomic E-state index is 0.679. The molecule has 61 heavy (non-hydrogen) atoms. The van der Waals surface area contributed by atoms with Crippen molar-refractivity contribution in [3.05, 3.63) is 212 Å². The Morgan fingerprint density at radius 3 is 1.70 bits per heavy atom. The molecule has 286 valence electrons. The molecule has 0 saturated heterocycles. The van der Waals surface area contributed by atoms with E-state index in [0.717, 1.165) is 111 Å². The summed E-state index contributed by atoms with van der Waals surface area (Å²) in [5, 5.41) is 3.29. The van der Waals surface area contributed by atoms with Gasteiger partial charge < -0.3 is 0 Å². The van der Waals surface area contributed by atoms with Gasteiger partial charge in [0.15, 0.2) is 5.82 Å². The fraction of sp³-hybridized carbons (Fsp3) is 0.0179. The second-order valence-corrected chi connectivity index (χ2v) is 15.3. The molecule has 4 heterocycles. The maximum absolute atomic E-state index is 5.28. The summed E-state index contributed by atoms with van der Waals surface area (Å²) >= 11 is 0. The highest BCUT2D eigenvalue weighted by atomic mass is 14.9. The lowest BCUT2D eigenvalue weighted by atomic mass is 9.96. The smallest absolute Gasteiger partial charge is 0.160 e. The van der Waals surface area contributed by atoms with Crippen LogP contribution in [-0.2, 0) is 0 Å². The minimum atomic E-state index is 0.679. The van der Waals surface area contributed by atoms with Gasteiger partial charge in [-0.05, 0) is 82.8 Å². The molecule has 0 fully saturated rings. The van der Waals surface area contributed by atoms with Gasteiger partial charge in [-0.3, -0.25) is 9.97 Å². The van der Waals surface area contributed by atoms with E-state index in [1.165, 1.54) is 0 Å². The van der Waals surface area contributed by atoms with Gasteiger partial charge >= 0.3 is 0 Å². The van der Waals surface area contributed by atoms with Gasteiger partial charge in [-0.2, -0.15) is 0 Å². The summed E-state index contributed by atoms with van der Waals surface area (Å²) in [6.45, 7) is 2.03. The number of aryl methyl sites for hydroxylation is 1. The maximum Gasteiger partial charge on any atom is 0.160 e. The highest BCUT2D eigenvalue weighted by Gasteiger charge is 2.16. The Bertz CT molecular complexity index is 3410. The van der Waals surface area contributed by atoms with E-state index < -0.39 is 0 Å². The van der Waals surface area contributed by atoms with Gasteiger partial charge in [-0.1, -0.05) is 158 Å². The first kappa shape index (κ1) is 36.0. The van der Waals surface area contributed by atoms with Crippen molar-refractivity contribution in [1.82, 2.24) is 24.9 Å². The highest BCUT2D eigenvalue weighted by Crippen LogP contribution is 2.37. The molecule has 0 unspecified atom stereocenters. The molecular formula is C56H37N5. The normalized spacial score (nSPS) is 11.4. The van der Waals surface area contributed by atoms with Crippen molar-refractivity contribution in [2.24, 2.45) is 0 Å². The first-order valence-corrected chi connectivity index (χ1v) is 20.5. The molecule has 0 aliphatic rings. The maximum atomic E-state index is 5.28. The summed E-state index contributed by atoms with van der Waals surface area (Å²) in [6.07, 6.45) is 1.88. The largest absolute Gasteiger partial charge is 0.256 e. The van der Waals surface area contributed by atoms with E-state index in [4.69, 9.17) is 19.9 Å². The van der Waals surface area contributed by atoms with Gasteiger partial charge in [0.1, 0.15) is 0 Å². The van der Waals surface area contributed by atoms with Crippen molar-refractivity contribution < 1.29 is 0 Å². The Kier molecular flexibility index (Phi) is 8.98. The van der Waals surface area contributed by atoms with Crippen molar-refractivity contribution in [2.45, 2.75) is 6.92 Å². The van der Waals surface area contributed by atoms with E-state index in [9.17, 15) is 0 Å². The van der Waals surface area contributed by atoms with E-state index in [1.54, 1.807) is 0 Å². The lowest BCUT2D eigenvalue weighted by molar-refractivity contribution is 1.18. The molecule has 0 aliphatic heterocycles. The first-order valence-electron chi connectivity index (χ1n) is 20.5. The minimum Gasteiger partial charge on any atom is -0.256 e. The molecule has 4 aromatic heterocycles. The van der Waals surface area contributed by atoms with E-state index >= 15 is 0 Å². The number of fused-ring (bicyclic) bond motifs is 4. The van der Waals surface area contributed by atoms with E-state index in [1.807, 2.05) is 37.4 Å². The van der Waals surface area contributed by atoms with E-state index in [-0.39, 0.29) is 0 Å². The number of pyridine rings is 3. The lowest BCUT2D eigenvalue weighted by Crippen LogP contribution is -1.96. The quantitative estimate of drug-likeness (QED) is 0.151. The predicted octanol–water partition coefficient (Wildman–Crippen LogP) is 14.1. The summed E-state index contributed by atoms with van der Waals surface area (Å²) in [4.78, 5) is 25.1. The Labute approximate surface area is 353 Å². The Morgan fingerprint density at radius 1 is 0.328 bits per heavy atom. The third-order valence-corrected chi connectivity index (χ3v) is 11.4. The molecule has 0 spiro atoms. The van der Waals surface area contributed by atoms with Crippen molar-refractivity contribution >= 4 is 32.7 Å². The van der Waals surface area contributed by atoms with Crippen LogP contribution < -0.4 is 0 Å². The average molecular weight is 780 g/mol. The first-order chi connectivity index (χ1) is 30.1. The molecule has 0 saturated carbocycles. The molecule has 0 amide bonds.